The zero-order chi connectivity index (χ0) is 18.1. The van der Waals surface area contributed by atoms with Crippen LogP contribution in [0, 0.1) is 18.8 Å². The molecule has 24 heavy (non-hydrogen) atoms. The Labute approximate surface area is 141 Å². The van der Waals surface area contributed by atoms with Gasteiger partial charge in [-0.25, -0.2) is 9.48 Å². The number of anilines is 1. The summed E-state index contributed by atoms with van der Waals surface area (Å²) in [6.45, 7) is 9.12. The van der Waals surface area contributed by atoms with Gasteiger partial charge in [-0.05, 0) is 40.2 Å². The molecule has 1 heterocycles. The molecule has 1 aromatic heterocycles. The first-order valence-electron chi connectivity index (χ1n) is 7.64. The first-order valence-corrected chi connectivity index (χ1v) is 7.64. The van der Waals surface area contributed by atoms with E-state index in [2.05, 4.69) is 22.3 Å². The van der Waals surface area contributed by atoms with Crippen LogP contribution in [-0.4, -0.2) is 26.8 Å². The zero-order valence-electron chi connectivity index (χ0n) is 14.5. The molecule has 0 atom stereocenters. The Kier molecular flexibility index (Phi) is 4.65. The highest BCUT2D eigenvalue weighted by Gasteiger charge is 2.27. The highest BCUT2D eigenvalue weighted by Crippen LogP contribution is 2.27. The smallest absolute Gasteiger partial charge is 0.356 e. The molecule has 1 amide bonds. The fourth-order valence-electron chi connectivity index (χ4n) is 2.35. The zero-order valence-corrected chi connectivity index (χ0v) is 14.5. The fraction of sp³-hybridized carbons (Fsp3) is 0.389. The maximum absolute atomic E-state index is 12.6. The molecule has 0 fully saturated rings. The van der Waals surface area contributed by atoms with Crippen LogP contribution in [-0.2, 0) is 10.3 Å². The van der Waals surface area contributed by atoms with Gasteiger partial charge >= 0.3 is 5.97 Å². The monoisotopic (exact) mass is 327 g/mol. The number of hydrogen-bond donors (Lipinski definition) is 2. The summed E-state index contributed by atoms with van der Waals surface area (Å²) in [5.41, 5.74) is 1.01. The largest absolute Gasteiger partial charge is 0.476 e. The standard InChI is InChI=1S/C18H21N3O3/c1-11-9-7-6-8-10-13(11)16(22)19-15-12(2)14(17(23)24)20-21(15)18(3,4)5/h7,9H,6H2,1-5H3,(H,19,22)(H,23,24). The minimum Gasteiger partial charge on any atom is -0.476 e. The maximum Gasteiger partial charge on any atom is 0.356 e. The SMILES string of the molecule is CC1=C(C(=O)Nc2c(C)c(C(=O)O)nn2C(C)(C)C)C#CCC=C1. The van der Waals surface area contributed by atoms with Gasteiger partial charge < -0.3 is 10.4 Å². The number of aromatic nitrogens is 2. The van der Waals surface area contributed by atoms with Crippen LogP contribution in [0.4, 0.5) is 5.82 Å². The first kappa shape index (κ1) is 17.5. The quantitative estimate of drug-likeness (QED) is 0.836. The summed E-state index contributed by atoms with van der Waals surface area (Å²) in [6, 6.07) is 0. The number of carbonyl (C=O) groups is 2. The summed E-state index contributed by atoms with van der Waals surface area (Å²) >= 11 is 0. The van der Waals surface area contributed by atoms with Crippen molar-refractivity contribution in [1.29, 1.82) is 0 Å². The van der Waals surface area contributed by atoms with Crippen molar-refractivity contribution in [3.8, 4) is 11.8 Å². The molecule has 0 unspecified atom stereocenters. The highest BCUT2D eigenvalue weighted by atomic mass is 16.4. The summed E-state index contributed by atoms with van der Waals surface area (Å²) in [7, 11) is 0. The van der Waals surface area contributed by atoms with Gasteiger partial charge in [-0.2, -0.15) is 5.10 Å². The van der Waals surface area contributed by atoms with Gasteiger partial charge in [0.05, 0.1) is 11.1 Å². The van der Waals surface area contributed by atoms with Gasteiger partial charge in [0.1, 0.15) is 5.82 Å². The summed E-state index contributed by atoms with van der Waals surface area (Å²) in [6.07, 6.45) is 4.34. The number of carbonyl (C=O) groups excluding carboxylic acids is 1. The topological polar surface area (TPSA) is 84.2 Å². The van der Waals surface area contributed by atoms with E-state index in [1.54, 1.807) is 6.92 Å². The van der Waals surface area contributed by atoms with Crippen molar-refractivity contribution < 1.29 is 14.7 Å². The lowest BCUT2D eigenvalue weighted by molar-refractivity contribution is -0.112. The normalized spacial score (nSPS) is 14.0. The maximum atomic E-state index is 12.6. The van der Waals surface area contributed by atoms with E-state index in [9.17, 15) is 14.7 Å². The highest BCUT2D eigenvalue weighted by molar-refractivity contribution is 6.08. The molecule has 0 aliphatic heterocycles. The van der Waals surface area contributed by atoms with Crippen LogP contribution < -0.4 is 5.32 Å². The van der Waals surface area contributed by atoms with Gasteiger partial charge in [0.15, 0.2) is 5.69 Å². The van der Waals surface area contributed by atoms with Crippen LogP contribution >= 0.6 is 0 Å². The number of aromatic carboxylic acids is 1. The molecule has 1 aromatic rings. The third kappa shape index (κ3) is 3.40. The fourth-order valence-corrected chi connectivity index (χ4v) is 2.35. The minimum absolute atomic E-state index is 0.0715. The van der Waals surface area contributed by atoms with Crippen molar-refractivity contribution in [1.82, 2.24) is 9.78 Å². The molecule has 0 saturated heterocycles. The summed E-state index contributed by atoms with van der Waals surface area (Å²) in [5, 5.41) is 16.2. The van der Waals surface area contributed by atoms with Crippen LogP contribution in [0.1, 0.15) is 50.2 Å². The predicted octanol–water partition coefficient (Wildman–Crippen LogP) is 2.86. The van der Waals surface area contributed by atoms with Crippen LogP contribution in [0.3, 0.4) is 0 Å². The summed E-state index contributed by atoms with van der Waals surface area (Å²) < 4.78 is 1.53. The second kappa shape index (κ2) is 6.36. The number of carboxylic acids is 1. The Bertz CT molecular complexity index is 824. The molecule has 126 valence electrons. The Morgan fingerprint density at radius 2 is 2.00 bits per heavy atom. The van der Waals surface area contributed by atoms with Crippen LogP contribution in [0.15, 0.2) is 23.3 Å². The predicted molar refractivity (Wildman–Crippen MR) is 91.8 cm³/mol. The van der Waals surface area contributed by atoms with Gasteiger partial charge in [0.25, 0.3) is 5.91 Å². The van der Waals surface area contributed by atoms with Crippen molar-refractivity contribution >= 4 is 17.7 Å². The Balaban J connectivity index is 2.49. The molecule has 2 N–H and O–H groups in total. The van der Waals surface area contributed by atoms with E-state index < -0.39 is 11.5 Å². The number of carboxylic acid groups (broad SMARTS) is 1. The van der Waals surface area contributed by atoms with E-state index in [1.807, 2.05) is 39.8 Å². The first-order chi connectivity index (χ1) is 11.1. The summed E-state index contributed by atoms with van der Waals surface area (Å²) in [4.78, 5) is 24.0. The molecule has 2 rings (SSSR count). The molecule has 0 bridgehead atoms. The molecule has 1 aliphatic carbocycles. The average Bonchev–Trinajstić information content (AvgIpc) is 2.65. The number of amides is 1. The van der Waals surface area contributed by atoms with Gasteiger partial charge in [-0.1, -0.05) is 24.0 Å². The third-order valence-corrected chi connectivity index (χ3v) is 3.61. The van der Waals surface area contributed by atoms with Gasteiger partial charge in [-0.15, -0.1) is 0 Å². The van der Waals surface area contributed by atoms with Gasteiger partial charge in [0.2, 0.25) is 0 Å². The van der Waals surface area contributed by atoms with Crippen molar-refractivity contribution in [2.45, 2.75) is 46.6 Å². The molecular formula is C18H21N3O3. The summed E-state index contributed by atoms with van der Waals surface area (Å²) in [5.74, 6) is 4.66. The average molecular weight is 327 g/mol. The Hall–Kier alpha value is -2.81. The number of nitrogens with one attached hydrogen (secondary N) is 1. The van der Waals surface area contributed by atoms with Gasteiger partial charge in [0, 0.05) is 12.0 Å². The molecule has 0 radical (unpaired) electrons. The molecular weight excluding hydrogens is 306 g/mol. The number of rotatable bonds is 3. The molecule has 0 aromatic carbocycles. The number of allylic oxidation sites excluding steroid dienone is 3. The van der Waals surface area contributed by atoms with Crippen LogP contribution in [0.25, 0.3) is 0 Å². The van der Waals surface area contributed by atoms with E-state index in [4.69, 9.17) is 0 Å². The van der Waals surface area contributed by atoms with E-state index in [1.165, 1.54) is 4.68 Å². The number of nitrogens with zero attached hydrogens (tertiary/aromatic N) is 2. The van der Waals surface area contributed by atoms with Crippen molar-refractivity contribution in [2.75, 3.05) is 5.32 Å². The van der Waals surface area contributed by atoms with E-state index in [0.29, 0.717) is 23.4 Å². The third-order valence-electron chi connectivity index (χ3n) is 3.61. The molecule has 1 aliphatic rings. The lowest BCUT2D eigenvalue weighted by Crippen LogP contribution is -2.27. The second-order valence-corrected chi connectivity index (χ2v) is 6.63. The van der Waals surface area contributed by atoms with Crippen LogP contribution in [0.2, 0.25) is 0 Å². The van der Waals surface area contributed by atoms with E-state index >= 15 is 0 Å². The van der Waals surface area contributed by atoms with Gasteiger partial charge in [-0.3, -0.25) is 4.79 Å². The number of hydrogen-bond acceptors (Lipinski definition) is 3. The van der Waals surface area contributed by atoms with Crippen LogP contribution in [0.5, 0.6) is 0 Å². The molecule has 0 saturated carbocycles. The van der Waals surface area contributed by atoms with E-state index in [0.717, 1.165) is 5.57 Å². The molecule has 0 spiro atoms. The van der Waals surface area contributed by atoms with E-state index in [-0.39, 0.29) is 11.6 Å². The lowest BCUT2D eigenvalue weighted by atomic mass is 10.1. The van der Waals surface area contributed by atoms with Crippen molar-refractivity contribution in [3.63, 3.8) is 0 Å². The molecule has 6 nitrogen and oxygen atoms in total. The Morgan fingerprint density at radius 3 is 2.58 bits per heavy atom. The van der Waals surface area contributed by atoms with Crippen molar-refractivity contribution in [3.05, 3.63) is 34.6 Å². The second-order valence-electron chi connectivity index (χ2n) is 6.63. The minimum atomic E-state index is -1.13. The van der Waals surface area contributed by atoms with Crippen molar-refractivity contribution in [2.24, 2.45) is 0 Å². The Morgan fingerprint density at radius 1 is 1.33 bits per heavy atom. The molecule has 6 heteroatoms. The lowest BCUT2D eigenvalue weighted by Gasteiger charge is -2.22.